The lowest BCUT2D eigenvalue weighted by atomic mass is 10.00. The van der Waals surface area contributed by atoms with Crippen LogP contribution in [0.5, 0.6) is 0 Å². The van der Waals surface area contributed by atoms with Crippen LogP contribution in [0.25, 0.3) is 5.57 Å². The molecule has 1 N–H and O–H groups in total. The first-order valence-electron chi connectivity index (χ1n) is 10.8. The minimum absolute atomic E-state index is 0. The average molecular weight is 510 g/mol. The van der Waals surface area contributed by atoms with Crippen molar-refractivity contribution >= 4 is 41.4 Å². The fraction of sp³-hybridized carbons (Fsp3) is 0.565. The molecule has 2 aliphatic rings. The summed E-state index contributed by atoms with van der Waals surface area (Å²) in [6.45, 7) is 8.34. The van der Waals surface area contributed by atoms with Crippen LogP contribution in [0.4, 0.5) is 0 Å². The summed E-state index contributed by atoms with van der Waals surface area (Å²) in [5.41, 5.74) is 2.72. The van der Waals surface area contributed by atoms with Gasteiger partial charge < -0.3 is 15.1 Å². The second-order valence-electron chi connectivity index (χ2n) is 7.71. The Morgan fingerprint density at radius 3 is 2.66 bits per heavy atom. The van der Waals surface area contributed by atoms with E-state index in [9.17, 15) is 4.79 Å². The van der Waals surface area contributed by atoms with E-state index in [1.165, 1.54) is 17.6 Å². The highest BCUT2D eigenvalue weighted by Crippen LogP contribution is 2.22. The predicted molar refractivity (Wildman–Crippen MR) is 132 cm³/mol. The molecule has 1 aromatic rings. The van der Waals surface area contributed by atoms with E-state index in [0.29, 0.717) is 19.0 Å². The Balaban J connectivity index is 0.00000300. The summed E-state index contributed by atoms with van der Waals surface area (Å²) in [7, 11) is 0. The van der Waals surface area contributed by atoms with Crippen molar-refractivity contribution in [3.8, 4) is 0 Å². The van der Waals surface area contributed by atoms with E-state index >= 15 is 0 Å². The zero-order chi connectivity index (χ0) is 19.8. The molecule has 0 radical (unpaired) electrons. The van der Waals surface area contributed by atoms with Crippen molar-refractivity contribution in [2.75, 3.05) is 32.7 Å². The number of nitrogens with zero attached hydrogens (tertiary/aromatic N) is 3. The summed E-state index contributed by atoms with van der Waals surface area (Å²) in [6, 6.07) is 11.0. The van der Waals surface area contributed by atoms with Gasteiger partial charge in [0.1, 0.15) is 0 Å². The quantitative estimate of drug-likeness (QED) is 0.368. The Labute approximate surface area is 192 Å². The van der Waals surface area contributed by atoms with Gasteiger partial charge in [0.25, 0.3) is 0 Å². The van der Waals surface area contributed by atoms with Crippen molar-refractivity contribution in [2.45, 2.75) is 52.0 Å². The normalized spacial score (nSPS) is 20.0. The highest BCUT2D eigenvalue weighted by Gasteiger charge is 2.22. The van der Waals surface area contributed by atoms with E-state index in [2.05, 4.69) is 60.5 Å². The molecule has 0 aromatic heterocycles. The number of amides is 1. The number of likely N-dealkylation sites (tertiary alicyclic amines) is 1. The molecule has 0 bridgehead atoms. The molecule has 1 saturated heterocycles. The number of benzene rings is 1. The van der Waals surface area contributed by atoms with Crippen molar-refractivity contribution in [3.05, 3.63) is 42.0 Å². The van der Waals surface area contributed by atoms with E-state index in [-0.39, 0.29) is 29.9 Å². The number of halogens is 1. The van der Waals surface area contributed by atoms with Gasteiger partial charge in [0.05, 0.1) is 6.54 Å². The molecule has 1 fully saturated rings. The first-order chi connectivity index (χ1) is 13.7. The summed E-state index contributed by atoms with van der Waals surface area (Å²) in [5, 5.41) is 3.39. The smallest absolute Gasteiger partial charge is 0.224 e. The highest BCUT2D eigenvalue weighted by atomic mass is 127. The number of aliphatic imine (C=N–C) groups is 1. The first kappa shape index (κ1) is 23.7. The van der Waals surface area contributed by atoms with E-state index in [1.54, 1.807) is 0 Å². The van der Waals surface area contributed by atoms with Gasteiger partial charge >= 0.3 is 0 Å². The number of piperidine rings is 1. The maximum Gasteiger partial charge on any atom is 0.224 e. The SMILES string of the molecule is CCNC(=NCCC(=O)N1CCCCC1C)N1CC=C(c2ccccc2)CC1.I. The predicted octanol–water partition coefficient (Wildman–Crippen LogP) is 4.15. The lowest BCUT2D eigenvalue weighted by Gasteiger charge is -2.33. The summed E-state index contributed by atoms with van der Waals surface area (Å²) < 4.78 is 0. The number of hydrogen-bond acceptors (Lipinski definition) is 2. The van der Waals surface area contributed by atoms with Crippen LogP contribution in [0.1, 0.15) is 51.5 Å². The Morgan fingerprint density at radius 1 is 1.21 bits per heavy atom. The van der Waals surface area contributed by atoms with Gasteiger partial charge in [-0.05, 0) is 50.7 Å². The summed E-state index contributed by atoms with van der Waals surface area (Å²) >= 11 is 0. The number of guanidine groups is 1. The molecule has 1 atom stereocenters. The number of carbonyl (C=O) groups is 1. The van der Waals surface area contributed by atoms with Crippen molar-refractivity contribution in [1.82, 2.24) is 15.1 Å². The van der Waals surface area contributed by atoms with Crippen molar-refractivity contribution in [2.24, 2.45) is 4.99 Å². The fourth-order valence-corrected chi connectivity index (χ4v) is 4.07. The molecule has 0 saturated carbocycles. The van der Waals surface area contributed by atoms with Gasteiger partial charge in [-0.2, -0.15) is 0 Å². The minimum atomic E-state index is 0. The Bertz CT molecular complexity index is 704. The van der Waals surface area contributed by atoms with Crippen LogP contribution in [0.15, 0.2) is 41.4 Å². The Kier molecular flexibility index (Phi) is 9.97. The summed E-state index contributed by atoms with van der Waals surface area (Å²) in [6.07, 6.45) is 7.30. The van der Waals surface area contributed by atoms with E-state index in [1.807, 2.05) is 4.90 Å². The third kappa shape index (κ3) is 6.73. The molecule has 2 heterocycles. The molecule has 1 unspecified atom stereocenters. The van der Waals surface area contributed by atoms with Crippen LogP contribution >= 0.6 is 24.0 Å². The molecule has 0 spiro atoms. The molecule has 6 heteroatoms. The van der Waals surface area contributed by atoms with Crippen molar-refractivity contribution in [3.63, 3.8) is 0 Å². The van der Waals surface area contributed by atoms with Crippen LogP contribution in [0, 0.1) is 0 Å². The number of nitrogens with one attached hydrogen (secondary N) is 1. The van der Waals surface area contributed by atoms with Gasteiger partial charge in [0.15, 0.2) is 5.96 Å². The maximum absolute atomic E-state index is 12.5. The van der Waals surface area contributed by atoms with Crippen LogP contribution < -0.4 is 5.32 Å². The highest BCUT2D eigenvalue weighted by molar-refractivity contribution is 14.0. The molecular weight excluding hydrogens is 475 g/mol. The Hall–Kier alpha value is -1.57. The van der Waals surface area contributed by atoms with Crippen LogP contribution in [-0.2, 0) is 4.79 Å². The Morgan fingerprint density at radius 2 is 2.00 bits per heavy atom. The molecule has 3 rings (SSSR count). The van der Waals surface area contributed by atoms with E-state index in [4.69, 9.17) is 4.99 Å². The van der Waals surface area contributed by atoms with Gasteiger partial charge in [0, 0.05) is 38.6 Å². The third-order valence-electron chi connectivity index (χ3n) is 5.70. The summed E-state index contributed by atoms with van der Waals surface area (Å²) in [4.78, 5) is 21.6. The van der Waals surface area contributed by atoms with Crippen LogP contribution in [0.3, 0.4) is 0 Å². The van der Waals surface area contributed by atoms with E-state index < -0.39 is 0 Å². The molecule has 160 valence electrons. The molecule has 2 aliphatic heterocycles. The second-order valence-corrected chi connectivity index (χ2v) is 7.71. The van der Waals surface area contributed by atoms with Gasteiger partial charge in [-0.25, -0.2) is 0 Å². The van der Waals surface area contributed by atoms with Crippen LogP contribution in [-0.4, -0.2) is 60.4 Å². The topological polar surface area (TPSA) is 47.9 Å². The molecular formula is C23H35IN4O. The minimum Gasteiger partial charge on any atom is -0.357 e. The van der Waals surface area contributed by atoms with Crippen molar-refractivity contribution in [1.29, 1.82) is 0 Å². The van der Waals surface area contributed by atoms with Crippen molar-refractivity contribution < 1.29 is 4.79 Å². The first-order valence-corrected chi connectivity index (χ1v) is 10.8. The lowest BCUT2D eigenvalue weighted by Crippen LogP contribution is -2.44. The second kappa shape index (κ2) is 12.2. The molecule has 29 heavy (non-hydrogen) atoms. The van der Waals surface area contributed by atoms with Crippen LogP contribution in [0.2, 0.25) is 0 Å². The third-order valence-corrected chi connectivity index (χ3v) is 5.70. The number of hydrogen-bond donors (Lipinski definition) is 1. The zero-order valence-electron chi connectivity index (χ0n) is 17.8. The number of carbonyl (C=O) groups excluding carboxylic acids is 1. The largest absolute Gasteiger partial charge is 0.357 e. The van der Waals surface area contributed by atoms with Gasteiger partial charge in [-0.15, -0.1) is 24.0 Å². The lowest BCUT2D eigenvalue weighted by molar-refractivity contribution is -0.134. The monoisotopic (exact) mass is 510 g/mol. The van der Waals surface area contributed by atoms with Gasteiger partial charge in [-0.1, -0.05) is 36.4 Å². The van der Waals surface area contributed by atoms with E-state index in [0.717, 1.165) is 51.4 Å². The summed E-state index contributed by atoms with van der Waals surface area (Å²) in [5.74, 6) is 1.17. The molecule has 1 aromatic carbocycles. The standard InChI is InChI=1S/C23H34N4O.HI/c1-3-24-23(25-15-12-22(28)27-16-8-7-9-19(27)2)26-17-13-21(14-18-26)20-10-5-4-6-11-20;/h4-6,10-11,13,19H,3,7-9,12,14-18H2,1-2H3,(H,24,25);1H. The molecule has 5 nitrogen and oxygen atoms in total. The fourth-order valence-electron chi connectivity index (χ4n) is 4.07. The molecule has 0 aliphatic carbocycles. The van der Waals surface area contributed by atoms with Gasteiger partial charge in [0.2, 0.25) is 5.91 Å². The maximum atomic E-state index is 12.5. The van der Waals surface area contributed by atoms with Gasteiger partial charge in [-0.3, -0.25) is 9.79 Å². The zero-order valence-corrected chi connectivity index (χ0v) is 20.1. The molecule has 1 amide bonds. The number of rotatable bonds is 5. The average Bonchev–Trinajstić information content (AvgIpc) is 2.74.